The topological polar surface area (TPSA) is 143 Å². The SMILES string of the molecule is C/C(=C/c1csc(C)n1)[C@@H](N)CC1OC(=O)C[C@H](O)C(C)(C)C(=O)[C@H](C)[C@@H](O)[C@@H](C)CCC[C@@]1(C)O. The van der Waals surface area contributed by atoms with Crippen LogP contribution >= 0.6 is 11.3 Å². The molecule has 204 valence electrons. The average Bonchev–Trinajstić information content (AvgIpc) is 3.20. The van der Waals surface area contributed by atoms with Gasteiger partial charge in [0.2, 0.25) is 0 Å². The van der Waals surface area contributed by atoms with Gasteiger partial charge in [0, 0.05) is 23.8 Å². The number of nitrogens with two attached hydrogens (primary N) is 1. The zero-order valence-electron chi connectivity index (χ0n) is 22.7. The molecular weight excluding hydrogens is 480 g/mol. The van der Waals surface area contributed by atoms with Crippen LogP contribution in [0.2, 0.25) is 0 Å². The monoisotopic (exact) mass is 524 g/mol. The highest BCUT2D eigenvalue weighted by Crippen LogP contribution is 2.34. The van der Waals surface area contributed by atoms with Crippen LogP contribution in [0.1, 0.15) is 84.3 Å². The smallest absolute Gasteiger partial charge is 0.308 e. The number of esters is 1. The summed E-state index contributed by atoms with van der Waals surface area (Å²) in [5.74, 6) is -1.91. The summed E-state index contributed by atoms with van der Waals surface area (Å²) in [6, 6.07) is -0.500. The molecule has 1 aliphatic heterocycles. The Morgan fingerprint density at radius 1 is 1.31 bits per heavy atom. The molecule has 1 fully saturated rings. The van der Waals surface area contributed by atoms with Crippen LogP contribution in [0.5, 0.6) is 0 Å². The van der Waals surface area contributed by atoms with Crippen molar-refractivity contribution in [1.82, 2.24) is 4.98 Å². The predicted octanol–water partition coefficient (Wildman–Crippen LogP) is 3.40. The Bertz CT molecular complexity index is 940. The number of nitrogens with zero attached hydrogens (tertiary/aromatic N) is 1. The number of aliphatic hydroxyl groups excluding tert-OH is 2. The van der Waals surface area contributed by atoms with E-state index in [4.69, 9.17) is 10.5 Å². The Morgan fingerprint density at radius 3 is 2.53 bits per heavy atom. The third kappa shape index (κ3) is 7.68. The molecule has 9 heteroatoms. The van der Waals surface area contributed by atoms with Crippen molar-refractivity contribution >= 4 is 29.2 Å². The first kappa shape index (κ1) is 30.6. The van der Waals surface area contributed by atoms with Crippen LogP contribution in [0.4, 0.5) is 0 Å². The van der Waals surface area contributed by atoms with E-state index in [1.807, 2.05) is 32.2 Å². The summed E-state index contributed by atoms with van der Waals surface area (Å²) < 4.78 is 5.73. The number of cyclic esters (lactones) is 1. The van der Waals surface area contributed by atoms with E-state index in [1.54, 1.807) is 27.7 Å². The van der Waals surface area contributed by atoms with Crippen molar-refractivity contribution in [2.24, 2.45) is 23.0 Å². The fourth-order valence-corrected chi connectivity index (χ4v) is 5.33. The van der Waals surface area contributed by atoms with Gasteiger partial charge in [-0.1, -0.05) is 39.7 Å². The van der Waals surface area contributed by atoms with Gasteiger partial charge < -0.3 is 25.8 Å². The molecule has 1 aromatic heterocycles. The lowest BCUT2D eigenvalue weighted by molar-refractivity contribution is -0.170. The Labute approximate surface area is 219 Å². The number of aromatic nitrogens is 1. The minimum Gasteiger partial charge on any atom is -0.459 e. The van der Waals surface area contributed by atoms with Crippen molar-refractivity contribution < 1.29 is 29.6 Å². The molecule has 0 bridgehead atoms. The number of Topliss-reactive ketones (excluding diaryl/α,β-unsaturated/α-hetero) is 1. The molecule has 1 unspecified atom stereocenters. The molecule has 36 heavy (non-hydrogen) atoms. The van der Waals surface area contributed by atoms with E-state index < -0.39 is 53.7 Å². The molecule has 0 saturated carbocycles. The molecule has 2 rings (SSSR count). The third-order valence-electron chi connectivity index (χ3n) is 7.71. The lowest BCUT2D eigenvalue weighted by atomic mass is 9.72. The second-order valence-corrected chi connectivity index (χ2v) is 12.4. The maximum atomic E-state index is 13.1. The molecule has 1 saturated heterocycles. The molecule has 1 aliphatic rings. The van der Waals surface area contributed by atoms with Gasteiger partial charge >= 0.3 is 5.97 Å². The van der Waals surface area contributed by atoms with Gasteiger partial charge in [-0.25, -0.2) is 4.98 Å². The minimum atomic E-state index is -1.37. The van der Waals surface area contributed by atoms with E-state index in [-0.39, 0.29) is 18.1 Å². The summed E-state index contributed by atoms with van der Waals surface area (Å²) in [4.78, 5) is 30.4. The van der Waals surface area contributed by atoms with Crippen LogP contribution in [-0.4, -0.2) is 62.0 Å². The molecule has 1 aromatic rings. The Morgan fingerprint density at radius 2 is 1.94 bits per heavy atom. The zero-order chi connectivity index (χ0) is 27.4. The second-order valence-electron chi connectivity index (χ2n) is 11.3. The van der Waals surface area contributed by atoms with Gasteiger partial charge in [0.05, 0.1) is 40.3 Å². The molecule has 0 radical (unpaired) electrons. The number of thiazole rings is 1. The van der Waals surface area contributed by atoms with Gasteiger partial charge in [-0.3, -0.25) is 9.59 Å². The van der Waals surface area contributed by atoms with Crippen molar-refractivity contribution in [3.8, 4) is 0 Å². The normalized spacial score (nSPS) is 34.1. The molecule has 7 atom stereocenters. The van der Waals surface area contributed by atoms with Gasteiger partial charge in [0.15, 0.2) is 0 Å². The molecule has 0 spiro atoms. The van der Waals surface area contributed by atoms with E-state index in [2.05, 4.69) is 4.98 Å². The molecule has 5 N–H and O–H groups in total. The van der Waals surface area contributed by atoms with Crippen LogP contribution in [0.15, 0.2) is 11.0 Å². The maximum Gasteiger partial charge on any atom is 0.308 e. The van der Waals surface area contributed by atoms with Crippen molar-refractivity contribution in [3.05, 3.63) is 21.7 Å². The van der Waals surface area contributed by atoms with Crippen LogP contribution in [0, 0.1) is 24.2 Å². The van der Waals surface area contributed by atoms with E-state index in [0.29, 0.717) is 19.3 Å². The molecule has 2 heterocycles. The zero-order valence-corrected chi connectivity index (χ0v) is 23.5. The number of hydrogen-bond donors (Lipinski definition) is 4. The number of ether oxygens (including phenoxy) is 1. The summed E-state index contributed by atoms with van der Waals surface area (Å²) in [6.07, 6.45) is -0.0113. The number of carbonyl (C=O) groups is 2. The Balaban J connectivity index is 2.30. The van der Waals surface area contributed by atoms with E-state index in [0.717, 1.165) is 16.3 Å². The van der Waals surface area contributed by atoms with Gasteiger partial charge in [0.25, 0.3) is 0 Å². The summed E-state index contributed by atoms with van der Waals surface area (Å²) in [6.45, 7) is 12.1. The van der Waals surface area contributed by atoms with Gasteiger partial charge in [-0.05, 0) is 45.6 Å². The highest BCUT2D eigenvalue weighted by atomic mass is 32.1. The lowest BCUT2D eigenvalue weighted by Gasteiger charge is -2.37. The second kappa shape index (κ2) is 12.3. The standard InChI is InChI=1S/C27H44N2O6S/c1-15-9-8-10-27(7,34)22(12-20(28)16(2)11-19-14-36-18(4)29-19)35-23(31)13-21(30)26(5,6)25(33)17(3)24(15)32/h11,14-15,17,20-22,24,30,32,34H,8-10,12-13,28H2,1-7H3/b16-11-/t15-,17+,20-,21-,22?,24-,27+/m0/s1. The summed E-state index contributed by atoms with van der Waals surface area (Å²) >= 11 is 1.54. The molecule has 0 aliphatic carbocycles. The lowest BCUT2D eigenvalue weighted by Crippen LogP contribution is -2.48. The summed E-state index contributed by atoms with van der Waals surface area (Å²) in [5.41, 5.74) is 5.46. The highest BCUT2D eigenvalue weighted by Gasteiger charge is 2.44. The number of ketones is 1. The Hall–Kier alpha value is -1.65. The average molecular weight is 525 g/mol. The van der Waals surface area contributed by atoms with Crippen molar-refractivity contribution in [3.63, 3.8) is 0 Å². The van der Waals surface area contributed by atoms with Crippen molar-refractivity contribution in [1.29, 1.82) is 0 Å². The van der Waals surface area contributed by atoms with Gasteiger partial charge in [-0.15, -0.1) is 11.3 Å². The molecule has 0 amide bonds. The van der Waals surface area contributed by atoms with Crippen molar-refractivity contribution in [2.75, 3.05) is 0 Å². The number of carbonyl (C=O) groups excluding carboxylic acids is 2. The van der Waals surface area contributed by atoms with Crippen LogP contribution in [-0.2, 0) is 14.3 Å². The van der Waals surface area contributed by atoms with E-state index >= 15 is 0 Å². The van der Waals surface area contributed by atoms with Gasteiger partial charge in [-0.2, -0.15) is 0 Å². The largest absolute Gasteiger partial charge is 0.459 e. The van der Waals surface area contributed by atoms with Crippen LogP contribution in [0.25, 0.3) is 6.08 Å². The van der Waals surface area contributed by atoms with E-state index in [9.17, 15) is 24.9 Å². The number of rotatable bonds is 4. The fraction of sp³-hybridized carbons (Fsp3) is 0.741. The van der Waals surface area contributed by atoms with Crippen LogP contribution in [0.3, 0.4) is 0 Å². The quantitative estimate of drug-likeness (QED) is 0.439. The van der Waals surface area contributed by atoms with Crippen molar-refractivity contribution in [2.45, 2.75) is 111 Å². The fourth-order valence-electron chi connectivity index (χ4n) is 4.76. The predicted molar refractivity (Wildman–Crippen MR) is 141 cm³/mol. The summed E-state index contributed by atoms with van der Waals surface area (Å²) in [7, 11) is 0. The maximum absolute atomic E-state index is 13.1. The molecule has 8 nitrogen and oxygen atoms in total. The molecule has 0 aromatic carbocycles. The number of aliphatic hydroxyl groups is 3. The number of hydrogen-bond acceptors (Lipinski definition) is 9. The third-order valence-corrected chi connectivity index (χ3v) is 8.50. The minimum absolute atomic E-state index is 0.178. The summed E-state index contributed by atoms with van der Waals surface area (Å²) in [5, 5.41) is 35.8. The Kier molecular flexibility index (Phi) is 10.4. The first-order valence-corrected chi connectivity index (χ1v) is 13.6. The molecular formula is C27H44N2O6S. The van der Waals surface area contributed by atoms with Crippen LogP contribution < -0.4 is 5.73 Å². The first-order valence-electron chi connectivity index (χ1n) is 12.7. The number of aryl methyl sites for hydroxylation is 1. The highest BCUT2D eigenvalue weighted by molar-refractivity contribution is 7.09. The van der Waals surface area contributed by atoms with E-state index in [1.165, 1.54) is 11.3 Å². The first-order chi connectivity index (χ1) is 16.6. The van der Waals surface area contributed by atoms with Gasteiger partial charge in [0.1, 0.15) is 11.9 Å².